The van der Waals surface area contributed by atoms with Crippen LogP contribution in [0, 0.1) is 0 Å². The number of rotatable bonds is 0. The largest absolute Gasteiger partial charge is 1.00 e. The molecule has 0 aromatic carbocycles. The van der Waals surface area contributed by atoms with Crippen molar-refractivity contribution in [2.45, 2.75) is 0 Å². The second-order valence-electron chi connectivity index (χ2n) is 0.983. The second-order valence-corrected chi connectivity index (χ2v) is 1.80. The molecule has 105 valence electrons. The Hall–Kier alpha value is 1.03. The third-order valence-corrected chi connectivity index (χ3v) is 0.167. The van der Waals surface area contributed by atoms with E-state index in [1.807, 2.05) is 0 Å². The first-order chi connectivity index (χ1) is 4.64. The average Bonchev–Trinajstić information content (AvgIpc) is 1.59. The maximum absolute atomic E-state index is 8.93. The number of hydrogen-bond donors (Lipinski definition) is 4. The van der Waals surface area contributed by atoms with Crippen molar-refractivity contribution in [3.8, 4) is 0 Å². The van der Waals surface area contributed by atoms with E-state index in [2.05, 4.69) is 0 Å². The smallest absolute Gasteiger partial charge is 1.00 e. The zero-order valence-corrected chi connectivity index (χ0v) is 17.3. The van der Waals surface area contributed by atoms with Gasteiger partial charge in [-0.05, 0) is 0 Å². The number of aliphatic carboxylic acids is 2. The Labute approximate surface area is 157 Å². The van der Waals surface area contributed by atoms with Crippen LogP contribution in [0.1, 0.15) is 1.43 Å². The second kappa shape index (κ2) is 25.8. The molecule has 0 aliphatic rings. The molecule has 17 heavy (non-hydrogen) atoms. The Bertz CT molecular complexity index is 244. The molecule has 0 saturated carbocycles. The first-order valence-corrected chi connectivity index (χ1v) is 3.07. The summed E-state index contributed by atoms with van der Waals surface area (Å²) in [7, 11) is -5.17. The Morgan fingerprint density at radius 2 is 0.882 bits per heavy atom. The fourth-order valence-corrected chi connectivity index (χ4v) is 0. The van der Waals surface area contributed by atoms with Crippen LogP contribution in [0.25, 0.3) is 0 Å². The van der Waals surface area contributed by atoms with Gasteiger partial charge in [-0.15, -0.1) is 0 Å². The van der Waals surface area contributed by atoms with Crippen molar-refractivity contribution in [3.05, 3.63) is 0 Å². The summed E-state index contributed by atoms with van der Waals surface area (Å²) >= 11 is 0. The van der Waals surface area contributed by atoms with Crippen LogP contribution in [-0.4, -0.2) is 29.5 Å². The summed E-state index contributed by atoms with van der Waals surface area (Å²) in [4.78, 5) is 17.9. The zero-order valence-electron chi connectivity index (χ0n) is 11.1. The molecule has 0 fully saturated rings. The van der Waals surface area contributed by atoms with Crippen molar-refractivity contribution in [3.63, 3.8) is 0 Å². The van der Waals surface area contributed by atoms with E-state index < -0.39 is 22.3 Å². The molecule has 0 amide bonds. The van der Waals surface area contributed by atoms with Gasteiger partial charge in [0.25, 0.3) is 0 Å². The Balaban J connectivity index is -0.00000000931. The fourth-order valence-electron chi connectivity index (χ4n) is 0. The van der Waals surface area contributed by atoms with Gasteiger partial charge in [-0.2, -0.15) is 0 Å². The molecule has 0 aliphatic carbocycles. The molecule has 0 saturated heterocycles. The number of carboxylic acid groups (broad SMARTS) is 2. The van der Waals surface area contributed by atoms with E-state index in [-0.39, 0.29) is 99.8 Å². The van der Waals surface area contributed by atoms with Crippen LogP contribution in [0.15, 0.2) is 0 Å². The summed E-state index contributed by atoms with van der Waals surface area (Å²) in [5.41, 5.74) is 0. The van der Waals surface area contributed by atoms with E-state index in [1.165, 1.54) is 0 Å². The van der Waals surface area contributed by atoms with Crippen LogP contribution >= 0.6 is 0 Å². The van der Waals surface area contributed by atoms with Gasteiger partial charge in [0.1, 0.15) is 0 Å². The molecule has 16 N–H and O–H groups in total. The van der Waals surface area contributed by atoms with Crippen LogP contribution in [0.3, 0.4) is 0 Å². The van der Waals surface area contributed by atoms with Crippen molar-refractivity contribution in [2.24, 2.45) is 0 Å². The topological polar surface area (TPSA) is 307 Å². The van der Waals surface area contributed by atoms with Gasteiger partial charge in [0.15, 0.2) is 0 Å². The van der Waals surface area contributed by atoms with Crippen LogP contribution in [0.5, 0.6) is 0 Å². The molecule has 0 aromatic rings. The first kappa shape index (κ1) is 52.0. The monoisotopic (exact) mass is 477 g/mol. The van der Waals surface area contributed by atoms with E-state index >= 15 is 0 Å². The van der Waals surface area contributed by atoms with Crippen molar-refractivity contribution in [1.82, 2.24) is 24.6 Å². The van der Waals surface area contributed by atoms with Gasteiger partial charge in [-0.25, -0.2) is 0 Å². The maximum atomic E-state index is 8.93. The van der Waals surface area contributed by atoms with Gasteiger partial charge >= 0.3 is 51.4 Å². The summed E-state index contributed by atoms with van der Waals surface area (Å²) in [5, 5.41) is 17.9. The molecule has 0 aliphatic heterocycles. The fraction of sp³-hybridized carbons (Fsp3) is 0. The van der Waals surface area contributed by atoms with Crippen molar-refractivity contribution in [2.75, 3.05) is 0 Å². The molecule has 0 aromatic heterocycles. The molecule has 0 unspecified atom stereocenters. The third kappa shape index (κ3) is 152. The minimum atomic E-state index is -5.17. The summed E-state index contributed by atoms with van der Waals surface area (Å²) in [6, 6.07) is 0. The van der Waals surface area contributed by atoms with E-state index in [0.717, 1.165) is 0 Å². The molecule has 0 atom stereocenters. The Kier molecular flexibility index (Phi) is 78.8. The number of hydrogen-bond acceptors (Lipinski definition) is 8. The number of carbonyl (C=O) groups excluding carboxylic acids is 2. The molecule has 12 nitrogen and oxygen atoms in total. The average molecular weight is 477 g/mol. The predicted molar refractivity (Wildman–Crippen MR) is 45.5 cm³/mol. The van der Waals surface area contributed by atoms with Gasteiger partial charge in [-0.1, -0.05) is 0 Å². The molecule has 0 rings (SSSR count). The normalized spacial score (nSPS) is 6.00. The number of carboxylic acids is 2. The van der Waals surface area contributed by atoms with Crippen LogP contribution < -0.4 is 86.2 Å². The predicted octanol–water partition coefficient (Wildman–Crippen LogP) is -6.23. The minimum absolute atomic E-state index is 0. The van der Waals surface area contributed by atoms with Crippen LogP contribution in [0.4, 0.5) is 0 Å². The van der Waals surface area contributed by atoms with E-state index in [0.29, 0.717) is 0 Å². The standard InChI is InChI=1S/C2H2O4.K.4H3N.H2O4S.Ta.H/c3-1(4)2(5)6;;;;;;1-5(2,3)4;;/h(H,3,4)(H,5,6);;4*1H3;(H2,1,2,3,4);;/q;+1;;;;;;;-1. The van der Waals surface area contributed by atoms with Crippen LogP contribution in [-0.2, 0) is 42.4 Å². The van der Waals surface area contributed by atoms with Gasteiger partial charge in [0.05, 0.1) is 11.9 Å². The Morgan fingerprint density at radius 3 is 0.882 bits per heavy atom. The Morgan fingerprint density at radius 1 is 0.824 bits per heavy atom. The zero-order chi connectivity index (χ0) is 9.65. The summed E-state index contributed by atoms with van der Waals surface area (Å²) in [6.45, 7) is 0. The van der Waals surface area contributed by atoms with Crippen molar-refractivity contribution >= 4 is 22.3 Å². The van der Waals surface area contributed by atoms with Crippen LogP contribution in [0.2, 0.25) is 0 Å². The molecular formula is C2H17KN4O8STa. The van der Waals surface area contributed by atoms with Gasteiger partial charge in [0.2, 0.25) is 0 Å². The SMILES string of the molecule is O=C([O-])C(=O)[O-].O=S(=O)([O-])[O-].[H-].[K+].[NH4+].[NH4+].[NH4+].[NH4+].[Ta]. The minimum Gasteiger partial charge on any atom is -1.00 e. The molecule has 15 heteroatoms. The summed E-state index contributed by atoms with van der Waals surface area (Å²) in [5.74, 6) is -4.37. The molecule has 0 spiro atoms. The molecule has 0 bridgehead atoms. The maximum Gasteiger partial charge on any atom is 1.00 e. The third-order valence-electron chi connectivity index (χ3n) is 0.167. The summed E-state index contributed by atoms with van der Waals surface area (Å²) in [6.07, 6.45) is 0. The van der Waals surface area contributed by atoms with E-state index in [1.54, 1.807) is 0 Å². The van der Waals surface area contributed by atoms with E-state index in [4.69, 9.17) is 37.3 Å². The summed E-state index contributed by atoms with van der Waals surface area (Å²) < 4.78 is 34.1. The molecule has 1 radical (unpaired) electrons. The van der Waals surface area contributed by atoms with Crippen molar-refractivity contribution in [1.29, 1.82) is 0 Å². The van der Waals surface area contributed by atoms with Gasteiger partial charge in [-0.3, -0.25) is 8.42 Å². The molecular weight excluding hydrogens is 460 g/mol. The number of quaternary nitrogens is 4. The van der Waals surface area contributed by atoms with Gasteiger partial charge < -0.3 is 54.9 Å². The van der Waals surface area contributed by atoms with Gasteiger partial charge in [0, 0.05) is 32.8 Å². The van der Waals surface area contributed by atoms with Crippen molar-refractivity contribution < 1.29 is 113 Å². The quantitative estimate of drug-likeness (QED) is 0.112. The number of carbonyl (C=O) groups is 2. The van der Waals surface area contributed by atoms with E-state index in [9.17, 15) is 0 Å². The molecule has 0 heterocycles. The first-order valence-electron chi connectivity index (χ1n) is 1.73.